The van der Waals surface area contributed by atoms with E-state index in [1.165, 1.54) is 23.1 Å². The van der Waals surface area contributed by atoms with Crippen molar-refractivity contribution in [3.8, 4) is 0 Å². The quantitative estimate of drug-likeness (QED) is 0.509. The Kier molecular flexibility index (Phi) is 9.14. The molecule has 0 amide bonds. The molecule has 0 fully saturated rings. The van der Waals surface area contributed by atoms with Crippen LogP contribution in [0.2, 0.25) is 0 Å². The molecular weight excluding hydrogens is 204 g/mol. The molecule has 0 aliphatic heterocycles. The summed E-state index contributed by atoms with van der Waals surface area (Å²) in [7, 11) is 0. The SMILES string of the molecule is C/C=C/C(C)=C\C(=C/C)C(\C)=C\C=C/CCC. The molecular formula is C17H26. The molecule has 17 heavy (non-hydrogen) atoms. The minimum Gasteiger partial charge on any atom is -0.0874 e. The van der Waals surface area contributed by atoms with Gasteiger partial charge in [0.15, 0.2) is 0 Å². The van der Waals surface area contributed by atoms with Crippen molar-refractivity contribution < 1.29 is 0 Å². The van der Waals surface area contributed by atoms with Gasteiger partial charge in [-0.05, 0) is 45.3 Å². The molecule has 0 aliphatic carbocycles. The van der Waals surface area contributed by atoms with E-state index >= 15 is 0 Å². The number of allylic oxidation sites excluding steroid dienone is 10. The summed E-state index contributed by atoms with van der Waals surface area (Å²) in [6, 6.07) is 0. The van der Waals surface area contributed by atoms with Crippen LogP contribution in [0.15, 0.2) is 59.3 Å². The summed E-state index contributed by atoms with van der Waals surface area (Å²) in [5, 5.41) is 0. The van der Waals surface area contributed by atoms with Gasteiger partial charge in [0.05, 0.1) is 0 Å². The zero-order valence-electron chi connectivity index (χ0n) is 12.0. The summed E-state index contributed by atoms with van der Waals surface area (Å²) in [6.07, 6.45) is 17.5. The topological polar surface area (TPSA) is 0 Å². The highest BCUT2D eigenvalue weighted by Gasteiger charge is 1.94. The molecule has 0 heteroatoms. The molecule has 0 saturated heterocycles. The smallest absolute Gasteiger partial charge is 0.0267 e. The number of hydrogen-bond donors (Lipinski definition) is 0. The zero-order chi connectivity index (χ0) is 13.1. The molecule has 0 rings (SSSR count). The molecule has 0 aromatic carbocycles. The first-order chi connectivity index (χ1) is 8.15. The fourth-order valence-corrected chi connectivity index (χ4v) is 1.55. The average molecular weight is 230 g/mol. The summed E-state index contributed by atoms with van der Waals surface area (Å²) < 4.78 is 0. The lowest BCUT2D eigenvalue weighted by Crippen LogP contribution is -1.82. The van der Waals surface area contributed by atoms with Crippen molar-refractivity contribution in [3.63, 3.8) is 0 Å². The summed E-state index contributed by atoms with van der Waals surface area (Å²) >= 11 is 0. The highest BCUT2D eigenvalue weighted by molar-refractivity contribution is 5.43. The van der Waals surface area contributed by atoms with Crippen LogP contribution in [-0.2, 0) is 0 Å². The predicted molar refractivity (Wildman–Crippen MR) is 80.1 cm³/mol. The van der Waals surface area contributed by atoms with E-state index in [1.54, 1.807) is 0 Å². The van der Waals surface area contributed by atoms with Gasteiger partial charge in [0.1, 0.15) is 0 Å². The van der Waals surface area contributed by atoms with Gasteiger partial charge in [0, 0.05) is 0 Å². The Bertz CT molecular complexity index is 346. The predicted octanol–water partition coefficient (Wildman–Crippen LogP) is 5.76. The average Bonchev–Trinajstić information content (AvgIpc) is 2.31. The largest absolute Gasteiger partial charge is 0.0874 e. The van der Waals surface area contributed by atoms with Crippen molar-refractivity contribution in [2.24, 2.45) is 0 Å². The Balaban J connectivity index is 4.73. The highest BCUT2D eigenvalue weighted by Crippen LogP contribution is 2.14. The number of rotatable bonds is 6. The van der Waals surface area contributed by atoms with Gasteiger partial charge in [-0.15, -0.1) is 0 Å². The second-order valence-electron chi connectivity index (χ2n) is 4.20. The summed E-state index contributed by atoms with van der Waals surface area (Å²) in [6.45, 7) is 10.6. The van der Waals surface area contributed by atoms with Crippen molar-refractivity contribution in [2.45, 2.75) is 47.5 Å². The van der Waals surface area contributed by atoms with E-state index in [1.807, 2.05) is 6.92 Å². The minimum atomic E-state index is 1.16. The second-order valence-corrected chi connectivity index (χ2v) is 4.20. The Hall–Kier alpha value is -1.30. The molecule has 0 saturated carbocycles. The van der Waals surface area contributed by atoms with E-state index in [2.05, 4.69) is 70.2 Å². The maximum absolute atomic E-state index is 2.22. The first-order valence-corrected chi connectivity index (χ1v) is 6.46. The normalized spacial score (nSPS) is 15.2. The van der Waals surface area contributed by atoms with Gasteiger partial charge in [-0.25, -0.2) is 0 Å². The second kappa shape index (κ2) is 9.89. The molecule has 0 bridgehead atoms. The lowest BCUT2D eigenvalue weighted by Gasteiger charge is -2.02. The van der Waals surface area contributed by atoms with Crippen molar-refractivity contribution >= 4 is 0 Å². The van der Waals surface area contributed by atoms with Gasteiger partial charge >= 0.3 is 0 Å². The molecule has 0 nitrogen and oxygen atoms in total. The molecule has 0 atom stereocenters. The Morgan fingerprint density at radius 1 is 1.12 bits per heavy atom. The van der Waals surface area contributed by atoms with Crippen molar-refractivity contribution in [3.05, 3.63) is 59.3 Å². The van der Waals surface area contributed by atoms with E-state index in [0.717, 1.165) is 6.42 Å². The third-order valence-electron chi connectivity index (χ3n) is 2.52. The molecule has 0 N–H and O–H groups in total. The van der Waals surface area contributed by atoms with Gasteiger partial charge in [-0.3, -0.25) is 0 Å². The van der Waals surface area contributed by atoms with E-state index in [-0.39, 0.29) is 0 Å². The molecule has 0 aromatic rings. The molecule has 0 radical (unpaired) electrons. The Morgan fingerprint density at radius 3 is 2.35 bits per heavy atom. The van der Waals surface area contributed by atoms with Crippen LogP contribution in [-0.4, -0.2) is 0 Å². The van der Waals surface area contributed by atoms with Crippen molar-refractivity contribution in [1.29, 1.82) is 0 Å². The molecule has 0 unspecified atom stereocenters. The van der Waals surface area contributed by atoms with Crippen LogP contribution in [0, 0.1) is 0 Å². The van der Waals surface area contributed by atoms with Crippen LogP contribution < -0.4 is 0 Å². The van der Waals surface area contributed by atoms with Gasteiger partial charge in [0.2, 0.25) is 0 Å². The lowest BCUT2D eigenvalue weighted by atomic mass is 10.0. The molecule has 0 aromatic heterocycles. The number of hydrogen-bond acceptors (Lipinski definition) is 0. The Morgan fingerprint density at radius 2 is 1.82 bits per heavy atom. The van der Waals surface area contributed by atoms with Crippen LogP contribution in [0.1, 0.15) is 47.5 Å². The highest BCUT2D eigenvalue weighted by atomic mass is 14.0. The van der Waals surface area contributed by atoms with Crippen LogP contribution in [0.5, 0.6) is 0 Å². The van der Waals surface area contributed by atoms with Gasteiger partial charge in [-0.1, -0.05) is 61.4 Å². The first kappa shape index (κ1) is 15.7. The van der Waals surface area contributed by atoms with Crippen LogP contribution in [0.25, 0.3) is 0 Å². The van der Waals surface area contributed by atoms with Crippen LogP contribution in [0.3, 0.4) is 0 Å². The minimum absolute atomic E-state index is 1.16. The maximum Gasteiger partial charge on any atom is -0.0267 e. The lowest BCUT2D eigenvalue weighted by molar-refractivity contribution is 0.958. The van der Waals surface area contributed by atoms with E-state index in [9.17, 15) is 0 Å². The third kappa shape index (κ3) is 7.57. The fraction of sp³-hybridized carbons (Fsp3) is 0.412. The van der Waals surface area contributed by atoms with E-state index in [0.29, 0.717) is 0 Å². The third-order valence-corrected chi connectivity index (χ3v) is 2.52. The molecule has 0 aliphatic rings. The summed E-state index contributed by atoms with van der Waals surface area (Å²) in [5.74, 6) is 0. The number of unbranched alkanes of at least 4 members (excludes halogenated alkanes) is 1. The standard InChI is InChI=1S/C17H26/c1-6-9-10-11-13-16(5)17(8-3)14-15(4)12-7-2/h7-8,10-14H,6,9H2,1-5H3/b11-10-,12-7+,15-14-,16-13+,17-8+. The monoisotopic (exact) mass is 230 g/mol. The van der Waals surface area contributed by atoms with Crippen LogP contribution in [0.4, 0.5) is 0 Å². The van der Waals surface area contributed by atoms with Gasteiger partial charge in [0.25, 0.3) is 0 Å². The summed E-state index contributed by atoms with van der Waals surface area (Å²) in [4.78, 5) is 0. The maximum atomic E-state index is 2.22. The van der Waals surface area contributed by atoms with Crippen LogP contribution >= 0.6 is 0 Å². The van der Waals surface area contributed by atoms with Crippen molar-refractivity contribution in [1.82, 2.24) is 0 Å². The summed E-state index contributed by atoms with van der Waals surface area (Å²) in [5.41, 5.74) is 3.89. The van der Waals surface area contributed by atoms with Gasteiger partial charge < -0.3 is 0 Å². The fourth-order valence-electron chi connectivity index (χ4n) is 1.55. The zero-order valence-corrected chi connectivity index (χ0v) is 12.0. The molecule has 94 valence electrons. The Labute approximate surface area is 107 Å². The molecule has 0 heterocycles. The van der Waals surface area contributed by atoms with Gasteiger partial charge in [-0.2, -0.15) is 0 Å². The molecule has 0 spiro atoms. The van der Waals surface area contributed by atoms with E-state index < -0.39 is 0 Å². The van der Waals surface area contributed by atoms with Crippen molar-refractivity contribution in [2.75, 3.05) is 0 Å². The first-order valence-electron chi connectivity index (χ1n) is 6.46. The van der Waals surface area contributed by atoms with E-state index in [4.69, 9.17) is 0 Å².